The number of carbonyl (C=O) groups excluding carboxylic acids is 1. The van der Waals surface area contributed by atoms with Crippen molar-refractivity contribution >= 4 is 28.5 Å². The van der Waals surface area contributed by atoms with E-state index in [1.165, 1.54) is 7.11 Å². The molecule has 0 saturated carbocycles. The molecule has 1 amide bonds. The summed E-state index contributed by atoms with van der Waals surface area (Å²) in [6.07, 6.45) is 1.49. The summed E-state index contributed by atoms with van der Waals surface area (Å²) in [6.45, 7) is 6.39. The van der Waals surface area contributed by atoms with Crippen LogP contribution in [0.15, 0.2) is 48.5 Å². The summed E-state index contributed by atoms with van der Waals surface area (Å²) in [5.74, 6) is -0.327. The number of benzene rings is 3. The highest BCUT2D eigenvalue weighted by atomic mass is 35.5. The van der Waals surface area contributed by atoms with Gasteiger partial charge in [-0.05, 0) is 74.6 Å². The molecule has 35 heavy (non-hydrogen) atoms. The van der Waals surface area contributed by atoms with Gasteiger partial charge in [-0.2, -0.15) is 0 Å². The molecule has 0 aliphatic carbocycles. The lowest BCUT2D eigenvalue weighted by Crippen LogP contribution is -2.44. The molecule has 1 aromatic heterocycles. The summed E-state index contributed by atoms with van der Waals surface area (Å²) in [4.78, 5) is 24.1. The van der Waals surface area contributed by atoms with Gasteiger partial charge >= 0.3 is 0 Å². The zero-order valence-electron chi connectivity index (χ0n) is 20.2. The third kappa shape index (κ3) is 3.76. The quantitative estimate of drug-likeness (QED) is 0.341. The monoisotopic (exact) mass is 491 g/mol. The first-order chi connectivity index (χ1) is 16.7. The van der Waals surface area contributed by atoms with Gasteiger partial charge in [-0.3, -0.25) is 4.79 Å². The van der Waals surface area contributed by atoms with Crippen LogP contribution in [-0.4, -0.2) is 34.4 Å². The number of halogens is 2. The van der Waals surface area contributed by atoms with Crippen LogP contribution in [0.5, 0.6) is 5.75 Å². The molecule has 7 heteroatoms. The predicted molar refractivity (Wildman–Crippen MR) is 137 cm³/mol. The van der Waals surface area contributed by atoms with Gasteiger partial charge in [0.15, 0.2) is 11.6 Å². The number of hydrogen-bond donors (Lipinski definition) is 1. The number of aromatic amines is 1. The van der Waals surface area contributed by atoms with Gasteiger partial charge in [-0.25, -0.2) is 9.37 Å². The van der Waals surface area contributed by atoms with Crippen molar-refractivity contribution in [2.24, 2.45) is 0 Å². The first kappa shape index (κ1) is 23.4. The van der Waals surface area contributed by atoms with E-state index < -0.39 is 11.4 Å². The predicted octanol–water partition coefficient (Wildman–Crippen LogP) is 6.80. The van der Waals surface area contributed by atoms with E-state index in [-0.39, 0.29) is 17.2 Å². The number of rotatable bonds is 4. The van der Waals surface area contributed by atoms with E-state index in [4.69, 9.17) is 21.3 Å². The Hall–Kier alpha value is -3.38. The van der Waals surface area contributed by atoms with Crippen LogP contribution >= 0.6 is 11.6 Å². The van der Waals surface area contributed by atoms with Gasteiger partial charge in [0.25, 0.3) is 5.91 Å². The molecule has 4 aromatic rings. The SMILES string of the molecule is COc1ccc(-c2ccc(C)cc2)c(C(=O)N2CCCC2(C)c2nc3c(C)c(Cl)ccc3[nH]2)c1F. The molecule has 1 aliphatic rings. The van der Waals surface area contributed by atoms with E-state index >= 15 is 4.39 Å². The highest BCUT2D eigenvalue weighted by Gasteiger charge is 2.45. The highest BCUT2D eigenvalue weighted by molar-refractivity contribution is 6.32. The fourth-order valence-electron chi connectivity index (χ4n) is 5.01. The third-order valence-corrected chi connectivity index (χ3v) is 7.55. The summed E-state index contributed by atoms with van der Waals surface area (Å²) < 4.78 is 20.9. The number of aryl methyl sites for hydroxylation is 2. The summed E-state index contributed by atoms with van der Waals surface area (Å²) in [5.41, 5.74) is 4.20. The molecule has 1 unspecified atom stereocenters. The molecule has 0 bridgehead atoms. The van der Waals surface area contributed by atoms with Crippen LogP contribution in [0.3, 0.4) is 0 Å². The maximum atomic E-state index is 15.7. The van der Waals surface area contributed by atoms with Crippen molar-refractivity contribution in [3.05, 3.63) is 81.9 Å². The smallest absolute Gasteiger partial charge is 0.258 e. The van der Waals surface area contributed by atoms with Gasteiger partial charge in [0.05, 0.1) is 29.2 Å². The minimum absolute atomic E-state index is 0.0108. The number of H-pyrrole nitrogens is 1. The summed E-state index contributed by atoms with van der Waals surface area (Å²) >= 11 is 6.31. The van der Waals surface area contributed by atoms with Gasteiger partial charge in [-0.1, -0.05) is 41.4 Å². The van der Waals surface area contributed by atoms with Crippen LogP contribution in [0.4, 0.5) is 4.39 Å². The van der Waals surface area contributed by atoms with Crippen molar-refractivity contribution in [2.45, 2.75) is 39.2 Å². The second kappa shape index (κ2) is 8.68. The molecule has 1 aliphatic heterocycles. The van der Waals surface area contributed by atoms with E-state index in [2.05, 4.69) is 4.98 Å². The number of nitrogens with zero attached hydrogens (tertiary/aromatic N) is 2. The van der Waals surface area contributed by atoms with E-state index in [1.807, 2.05) is 57.2 Å². The Kier molecular flexibility index (Phi) is 5.80. The average Bonchev–Trinajstić information content (AvgIpc) is 3.47. The van der Waals surface area contributed by atoms with Gasteiger partial charge in [-0.15, -0.1) is 0 Å². The normalized spacial score (nSPS) is 17.8. The number of ether oxygens (including phenoxy) is 1. The standard InChI is InChI=1S/C28H27ClFN3O2/c1-16-6-8-18(9-7-16)19-10-13-22(35-4)24(30)23(19)26(34)33-15-5-14-28(33,3)27-31-21-12-11-20(29)17(2)25(21)32-27/h6-13H,5,14-15H2,1-4H3,(H,31,32). The first-order valence-corrected chi connectivity index (χ1v) is 12.0. The number of amides is 1. The Morgan fingerprint density at radius 1 is 1.14 bits per heavy atom. The molecule has 0 spiro atoms. The Balaban J connectivity index is 1.63. The Morgan fingerprint density at radius 3 is 2.60 bits per heavy atom. The number of carbonyl (C=O) groups is 1. The molecular weight excluding hydrogens is 465 g/mol. The maximum absolute atomic E-state index is 15.7. The van der Waals surface area contributed by atoms with Crippen molar-refractivity contribution in [1.29, 1.82) is 0 Å². The second-order valence-corrected chi connectivity index (χ2v) is 9.77. The molecule has 2 heterocycles. The first-order valence-electron chi connectivity index (χ1n) is 11.7. The number of hydrogen-bond acceptors (Lipinski definition) is 3. The average molecular weight is 492 g/mol. The van der Waals surface area contributed by atoms with Crippen molar-refractivity contribution < 1.29 is 13.9 Å². The third-order valence-electron chi connectivity index (χ3n) is 7.14. The van der Waals surface area contributed by atoms with Crippen molar-refractivity contribution in [3.8, 4) is 16.9 Å². The van der Waals surface area contributed by atoms with E-state index in [1.54, 1.807) is 17.0 Å². The Labute approximate surface area is 208 Å². The van der Waals surface area contributed by atoms with Gasteiger partial charge < -0.3 is 14.6 Å². The molecule has 180 valence electrons. The number of fused-ring (bicyclic) bond motifs is 1. The van der Waals surface area contributed by atoms with Crippen molar-refractivity contribution in [1.82, 2.24) is 14.9 Å². The lowest BCUT2D eigenvalue weighted by atomic mass is 9.94. The molecule has 1 fully saturated rings. The minimum atomic E-state index is -0.727. The molecule has 5 nitrogen and oxygen atoms in total. The van der Waals surface area contributed by atoms with E-state index in [9.17, 15) is 4.79 Å². The number of methoxy groups -OCH3 is 1. The summed E-state index contributed by atoms with van der Waals surface area (Å²) in [7, 11) is 1.40. The number of aromatic nitrogens is 2. The van der Waals surface area contributed by atoms with Crippen LogP contribution in [0.25, 0.3) is 22.2 Å². The van der Waals surface area contributed by atoms with Crippen LogP contribution < -0.4 is 4.74 Å². The molecular formula is C28H27ClFN3O2. The van der Waals surface area contributed by atoms with Crippen LogP contribution in [0.1, 0.15) is 47.1 Å². The molecule has 1 atom stereocenters. The Morgan fingerprint density at radius 2 is 1.89 bits per heavy atom. The van der Waals surface area contributed by atoms with Crippen molar-refractivity contribution in [3.63, 3.8) is 0 Å². The molecule has 5 rings (SSSR count). The van der Waals surface area contributed by atoms with Gasteiger partial charge in [0.1, 0.15) is 5.82 Å². The number of nitrogens with one attached hydrogen (secondary N) is 1. The molecule has 0 radical (unpaired) electrons. The lowest BCUT2D eigenvalue weighted by Gasteiger charge is -2.34. The van der Waals surface area contributed by atoms with E-state index in [0.29, 0.717) is 29.4 Å². The zero-order valence-corrected chi connectivity index (χ0v) is 21.0. The molecule has 1 N–H and O–H groups in total. The highest BCUT2D eigenvalue weighted by Crippen LogP contribution is 2.41. The second-order valence-electron chi connectivity index (χ2n) is 9.36. The summed E-state index contributed by atoms with van der Waals surface area (Å²) in [6, 6.07) is 14.8. The van der Waals surface area contributed by atoms with Crippen LogP contribution in [0.2, 0.25) is 5.02 Å². The van der Waals surface area contributed by atoms with E-state index in [0.717, 1.165) is 34.1 Å². The fourth-order valence-corrected chi connectivity index (χ4v) is 5.16. The van der Waals surface area contributed by atoms with Crippen LogP contribution in [0, 0.1) is 19.7 Å². The number of likely N-dealkylation sites (tertiary alicyclic amines) is 1. The minimum Gasteiger partial charge on any atom is -0.494 e. The summed E-state index contributed by atoms with van der Waals surface area (Å²) in [5, 5.41) is 0.640. The zero-order chi connectivity index (χ0) is 24.9. The van der Waals surface area contributed by atoms with Gasteiger partial charge in [0.2, 0.25) is 0 Å². The largest absolute Gasteiger partial charge is 0.494 e. The lowest BCUT2D eigenvalue weighted by molar-refractivity contribution is 0.0601. The molecule has 3 aromatic carbocycles. The topological polar surface area (TPSA) is 58.2 Å². The van der Waals surface area contributed by atoms with Gasteiger partial charge in [0, 0.05) is 11.6 Å². The fraction of sp³-hybridized carbons (Fsp3) is 0.286. The number of imidazole rings is 1. The Bertz CT molecular complexity index is 1450. The molecule has 1 saturated heterocycles. The maximum Gasteiger partial charge on any atom is 0.258 e. The van der Waals surface area contributed by atoms with Crippen LogP contribution in [-0.2, 0) is 5.54 Å². The van der Waals surface area contributed by atoms with Crippen molar-refractivity contribution in [2.75, 3.05) is 13.7 Å².